The third-order valence-electron chi connectivity index (χ3n) is 3.10. The van der Waals surface area contributed by atoms with E-state index in [0.717, 1.165) is 17.8 Å². The maximum atomic E-state index is 13.6. The molecule has 0 spiro atoms. The number of benzene rings is 2. The maximum Gasteiger partial charge on any atom is 0.259 e. The van der Waals surface area contributed by atoms with Gasteiger partial charge in [-0.15, -0.1) is 0 Å². The van der Waals surface area contributed by atoms with E-state index in [1.165, 1.54) is 4.68 Å². The van der Waals surface area contributed by atoms with Crippen LogP contribution in [-0.2, 0) is 0 Å². The van der Waals surface area contributed by atoms with Crippen molar-refractivity contribution in [3.63, 3.8) is 0 Å². The molecule has 2 aromatic carbocycles. The highest BCUT2D eigenvalue weighted by Crippen LogP contribution is 2.16. The van der Waals surface area contributed by atoms with Gasteiger partial charge in [0.1, 0.15) is 11.6 Å². The second kappa shape index (κ2) is 6.18. The molecule has 7 heteroatoms. The fourth-order valence-electron chi connectivity index (χ4n) is 1.99. The van der Waals surface area contributed by atoms with Crippen molar-refractivity contribution in [2.24, 2.45) is 0 Å². The molecule has 1 amide bonds. The quantitative estimate of drug-likeness (QED) is 0.785. The normalized spacial score (nSPS) is 10.6. The second-order valence-electron chi connectivity index (χ2n) is 4.70. The molecule has 23 heavy (non-hydrogen) atoms. The fourth-order valence-corrected chi connectivity index (χ4v) is 2.11. The minimum atomic E-state index is -0.931. The summed E-state index contributed by atoms with van der Waals surface area (Å²) in [5, 5.41) is 7.23. The van der Waals surface area contributed by atoms with Gasteiger partial charge in [0, 0.05) is 23.4 Å². The van der Waals surface area contributed by atoms with Crippen molar-refractivity contribution in [3.05, 3.63) is 76.9 Å². The third kappa shape index (κ3) is 3.37. The molecule has 0 fully saturated rings. The van der Waals surface area contributed by atoms with E-state index in [1.807, 2.05) is 0 Å². The van der Waals surface area contributed by atoms with Crippen molar-refractivity contribution in [2.45, 2.75) is 0 Å². The van der Waals surface area contributed by atoms with Gasteiger partial charge in [0.2, 0.25) is 0 Å². The summed E-state index contributed by atoms with van der Waals surface area (Å²) in [5.74, 6) is -2.14. The van der Waals surface area contributed by atoms with Crippen LogP contribution in [0.4, 0.5) is 14.6 Å². The number of halogens is 3. The van der Waals surface area contributed by atoms with Crippen LogP contribution in [0, 0.1) is 11.6 Å². The fraction of sp³-hybridized carbons (Fsp3) is 0. The molecule has 0 unspecified atom stereocenters. The summed E-state index contributed by atoms with van der Waals surface area (Å²) in [4.78, 5) is 12.0. The van der Waals surface area contributed by atoms with Gasteiger partial charge in [-0.05, 0) is 36.4 Å². The maximum absolute atomic E-state index is 13.6. The Morgan fingerprint density at radius 1 is 1.09 bits per heavy atom. The first kappa shape index (κ1) is 15.2. The lowest BCUT2D eigenvalue weighted by molar-refractivity contribution is 0.102. The number of hydrogen-bond acceptors (Lipinski definition) is 2. The summed E-state index contributed by atoms with van der Waals surface area (Å²) in [6.45, 7) is 0. The first-order valence-corrected chi connectivity index (χ1v) is 6.99. The molecule has 1 aromatic heterocycles. The Hall–Kier alpha value is -2.73. The molecule has 116 valence electrons. The number of anilines is 1. The minimum absolute atomic E-state index is 0.244. The van der Waals surface area contributed by atoms with Crippen LogP contribution in [0.2, 0.25) is 5.02 Å². The molecule has 0 radical (unpaired) electrons. The van der Waals surface area contributed by atoms with Gasteiger partial charge in [-0.1, -0.05) is 11.6 Å². The molecule has 0 saturated carbocycles. The van der Waals surface area contributed by atoms with Crippen LogP contribution in [0.3, 0.4) is 0 Å². The number of nitrogens with zero attached hydrogens (tertiary/aromatic N) is 2. The molecule has 4 nitrogen and oxygen atoms in total. The van der Waals surface area contributed by atoms with E-state index in [1.54, 1.807) is 36.5 Å². The van der Waals surface area contributed by atoms with E-state index in [2.05, 4.69) is 10.4 Å². The molecule has 0 saturated heterocycles. The molecule has 3 aromatic rings. The van der Waals surface area contributed by atoms with E-state index in [-0.39, 0.29) is 11.4 Å². The molecule has 0 aliphatic heterocycles. The van der Waals surface area contributed by atoms with Crippen LogP contribution in [0.5, 0.6) is 0 Å². The Kier molecular flexibility index (Phi) is 4.08. The summed E-state index contributed by atoms with van der Waals surface area (Å²) < 4.78 is 28.0. The van der Waals surface area contributed by atoms with Crippen LogP contribution in [-0.4, -0.2) is 15.7 Å². The molecule has 0 atom stereocenters. The third-order valence-corrected chi connectivity index (χ3v) is 3.35. The van der Waals surface area contributed by atoms with E-state index in [9.17, 15) is 13.6 Å². The first-order chi connectivity index (χ1) is 11.0. The van der Waals surface area contributed by atoms with Crippen LogP contribution >= 0.6 is 11.6 Å². The Morgan fingerprint density at radius 2 is 1.83 bits per heavy atom. The standard InChI is InChI=1S/C16H10ClF2N3O/c17-10-1-4-12(5-2-10)22-8-7-15(21-22)20-16(23)13-6-3-11(18)9-14(13)19/h1-9H,(H,20,21,23). The van der Waals surface area contributed by atoms with Crippen molar-refractivity contribution in [1.29, 1.82) is 0 Å². The number of rotatable bonds is 3. The molecular weight excluding hydrogens is 324 g/mol. The van der Waals surface area contributed by atoms with E-state index in [4.69, 9.17) is 11.6 Å². The van der Waals surface area contributed by atoms with Crippen LogP contribution in [0.15, 0.2) is 54.7 Å². The highest BCUT2D eigenvalue weighted by atomic mass is 35.5. The van der Waals surface area contributed by atoms with Gasteiger partial charge >= 0.3 is 0 Å². The van der Waals surface area contributed by atoms with Crippen LogP contribution in [0.1, 0.15) is 10.4 Å². The Labute approximate surface area is 135 Å². The summed E-state index contributed by atoms with van der Waals surface area (Å²) >= 11 is 5.82. The topological polar surface area (TPSA) is 46.9 Å². The van der Waals surface area contributed by atoms with Gasteiger partial charge in [0.15, 0.2) is 5.82 Å². The number of hydrogen-bond donors (Lipinski definition) is 1. The summed E-state index contributed by atoms with van der Waals surface area (Å²) in [7, 11) is 0. The minimum Gasteiger partial charge on any atom is -0.305 e. The highest BCUT2D eigenvalue weighted by Gasteiger charge is 2.14. The number of carbonyl (C=O) groups excluding carboxylic acids is 1. The molecule has 0 aliphatic rings. The average Bonchev–Trinajstić information content (AvgIpc) is 2.96. The van der Waals surface area contributed by atoms with Crippen molar-refractivity contribution in [1.82, 2.24) is 9.78 Å². The number of nitrogens with one attached hydrogen (secondary N) is 1. The van der Waals surface area contributed by atoms with E-state index in [0.29, 0.717) is 11.1 Å². The average molecular weight is 334 g/mol. The van der Waals surface area contributed by atoms with Crippen molar-refractivity contribution in [2.75, 3.05) is 5.32 Å². The lowest BCUT2D eigenvalue weighted by Crippen LogP contribution is -2.14. The summed E-state index contributed by atoms with van der Waals surface area (Å²) in [6.07, 6.45) is 1.64. The molecule has 1 N–H and O–H groups in total. The van der Waals surface area contributed by atoms with Gasteiger partial charge in [-0.25, -0.2) is 13.5 Å². The SMILES string of the molecule is O=C(Nc1ccn(-c2ccc(Cl)cc2)n1)c1ccc(F)cc1F. The largest absolute Gasteiger partial charge is 0.305 e. The first-order valence-electron chi connectivity index (χ1n) is 6.61. The monoisotopic (exact) mass is 333 g/mol. The van der Waals surface area contributed by atoms with Crippen LogP contribution < -0.4 is 5.32 Å². The summed E-state index contributed by atoms with van der Waals surface area (Å²) in [6, 6.07) is 11.3. The molecule has 0 aliphatic carbocycles. The van der Waals surface area contributed by atoms with Crippen molar-refractivity contribution >= 4 is 23.3 Å². The summed E-state index contributed by atoms with van der Waals surface area (Å²) in [5.41, 5.74) is 0.496. The molecular formula is C16H10ClF2N3O. The van der Waals surface area contributed by atoms with Gasteiger partial charge in [-0.2, -0.15) is 5.10 Å². The van der Waals surface area contributed by atoms with Gasteiger partial charge < -0.3 is 5.32 Å². The number of amides is 1. The smallest absolute Gasteiger partial charge is 0.259 e. The molecule has 3 rings (SSSR count). The number of aromatic nitrogens is 2. The van der Waals surface area contributed by atoms with Crippen molar-refractivity contribution in [3.8, 4) is 5.69 Å². The van der Waals surface area contributed by atoms with E-state index < -0.39 is 17.5 Å². The Morgan fingerprint density at radius 3 is 2.52 bits per heavy atom. The molecule has 1 heterocycles. The predicted molar refractivity (Wildman–Crippen MR) is 82.9 cm³/mol. The van der Waals surface area contributed by atoms with Gasteiger partial charge in [0.05, 0.1) is 11.3 Å². The Balaban J connectivity index is 1.78. The lowest BCUT2D eigenvalue weighted by Gasteiger charge is -2.04. The zero-order valence-corrected chi connectivity index (χ0v) is 12.4. The zero-order chi connectivity index (χ0) is 16.4. The lowest BCUT2D eigenvalue weighted by atomic mass is 10.2. The van der Waals surface area contributed by atoms with Crippen molar-refractivity contribution < 1.29 is 13.6 Å². The van der Waals surface area contributed by atoms with Crippen LogP contribution in [0.25, 0.3) is 5.69 Å². The van der Waals surface area contributed by atoms with Gasteiger partial charge in [-0.3, -0.25) is 4.79 Å². The van der Waals surface area contributed by atoms with E-state index >= 15 is 0 Å². The highest BCUT2D eigenvalue weighted by molar-refractivity contribution is 6.30. The Bertz CT molecular complexity index is 862. The molecule has 0 bridgehead atoms. The zero-order valence-electron chi connectivity index (χ0n) is 11.6. The predicted octanol–water partition coefficient (Wildman–Crippen LogP) is 4.06. The number of carbonyl (C=O) groups is 1. The second-order valence-corrected chi connectivity index (χ2v) is 5.14. The van der Waals surface area contributed by atoms with Gasteiger partial charge in [0.25, 0.3) is 5.91 Å².